The summed E-state index contributed by atoms with van der Waals surface area (Å²) in [4.78, 5) is 50.1. The molecular formula is C29H30ClF2N7O7. The highest BCUT2D eigenvalue weighted by Gasteiger charge is 2.29. The zero-order valence-electron chi connectivity index (χ0n) is 24.3. The van der Waals surface area contributed by atoms with Crippen LogP contribution in [0.25, 0.3) is 11.3 Å². The van der Waals surface area contributed by atoms with Crippen molar-refractivity contribution in [3.05, 3.63) is 64.6 Å². The molecule has 0 radical (unpaired) electrons. The maximum atomic E-state index is 14.7. The van der Waals surface area contributed by atoms with Crippen molar-refractivity contribution < 1.29 is 42.9 Å². The number of halogens is 3. The van der Waals surface area contributed by atoms with Gasteiger partial charge in [0, 0.05) is 37.9 Å². The van der Waals surface area contributed by atoms with Gasteiger partial charge in [0.05, 0.1) is 34.5 Å². The maximum absolute atomic E-state index is 14.7. The van der Waals surface area contributed by atoms with Gasteiger partial charge in [-0.15, -0.1) is 0 Å². The SMILES string of the molecule is Cn1c(-c2ccc(OCC#N)c(F)c2F)cnc1C(=O)Nc1ccc(C(=O)NCCNC(=O)[C@@H]2CCNC[C@@H]2O)c(Cl)c1.O=CO. The molecule has 3 aromatic rings. The molecule has 244 valence electrons. The number of rotatable bonds is 10. The molecule has 0 aliphatic carbocycles. The molecule has 2 heterocycles. The molecule has 1 aromatic heterocycles. The van der Waals surface area contributed by atoms with Crippen molar-refractivity contribution in [1.29, 1.82) is 5.26 Å². The van der Waals surface area contributed by atoms with Crippen molar-refractivity contribution in [3.63, 3.8) is 0 Å². The van der Waals surface area contributed by atoms with E-state index < -0.39 is 47.8 Å². The Bertz CT molecular complexity index is 1630. The lowest BCUT2D eigenvalue weighted by atomic mass is 9.94. The van der Waals surface area contributed by atoms with E-state index in [2.05, 4.69) is 26.3 Å². The van der Waals surface area contributed by atoms with E-state index >= 15 is 0 Å². The summed E-state index contributed by atoms with van der Waals surface area (Å²) in [5.41, 5.74) is 0.332. The van der Waals surface area contributed by atoms with Gasteiger partial charge in [-0.1, -0.05) is 11.6 Å². The molecule has 2 atom stereocenters. The molecule has 1 fully saturated rings. The average Bonchev–Trinajstić information content (AvgIpc) is 3.41. The Morgan fingerprint density at radius 1 is 1.20 bits per heavy atom. The number of amides is 3. The summed E-state index contributed by atoms with van der Waals surface area (Å²) in [6.07, 6.45) is 0.967. The smallest absolute Gasteiger partial charge is 0.291 e. The summed E-state index contributed by atoms with van der Waals surface area (Å²) in [7, 11) is 1.45. The number of imidazole rings is 1. The van der Waals surface area contributed by atoms with E-state index in [1.807, 2.05) is 0 Å². The molecule has 46 heavy (non-hydrogen) atoms. The first-order valence-electron chi connectivity index (χ1n) is 13.7. The number of benzene rings is 2. The third kappa shape index (κ3) is 8.75. The first-order valence-corrected chi connectivity index (χ1v) is 14.0. The van der Waals surface area contributed by atoms with Gasteiger partial charge >= 0.3 is 0 Å². The first-order chi connectivity index (χ1) is 22.0. The fourth-order valence-corrected chi connectivity index (χ4v) is 4.79. The van der Waals surface area contributed by atoms with Crippen LogP contribution in [0.4, 0.5) is 14.5 Å². The third-order valence-corrected chi connectivity index (χ3v) is 7.09. The van der Waals surface area contributed by atoms with E-state index in [0.717, 1.165) is 0 Å². The van der Waals surface area contributed by atoms with Crippen LogP contribution in [0, 0.1) is 28.9 Å². The van der Waals surface area contributed by atoms with Crippen molar-refractivity contribution >= 4 is 41.5 Å². The van der Waals surface area contributed by atoms with Crippen LogP contribution in [0.3, 0.4) is 0 Å². The number of nitrogens with zero attached hydrogens (tertiary/aromatic N) is 3. The molecule has 6 N–H and O–H groups in total. The third-order valence-electron chi connectivity index (χ3n) is 6.77. The molecule has 4 rings (SSSR count). The predicted octanol–water partition coefficient (Wildman–Crippen LogP) is 1.69. The summed E-state index contributed by atoms with van der Waals surface area (Å²) >= 11 is 6.29. The minimum Gasteiger partial charge on any atom is -0.483 e. The van der Waals surface area contributed by atoms with Crippen LogP contribution in [0.2, 0.25) is 5.02 Å². The van der Waals surface area contributed by atoms with Crippen molar-refractivity contribution in [2.75, 3.05) is 38.1 Å². The number of nitriles is 1. The van der Waals surface area contributed by atoms with E-state index in [1.54, 1.807) is 6.07 Å². The second-order valence-electron chi connectivity index (χ2n) is 9.68. The van der Waals surface area contributed by atoms with Gasteiger partial charge in [-0.25, -0.2) is 9.37 Å². The Morgan fingerprint density at radius 3 is 2.59 bits per heavy atom. The van der Waals surface area contributed by atoms with Gasteiger partial charge < -0.3 is 40.8 Å². The molecule has 1 aliphatic rings. The van der Waals surface area contributed by atoms with E-state index in [4.69, 9.17) is 31.5 Å². The van der Waals surface area contributed by atoms with Gasteiger partial charge in [-0.05, 0) is 43.3 Å². The van der Waals surface area contributed by atoms with Crippen molar-refractivity contribution in [1.82, 2.24) is 25.5 Å². The zero-order chi connectivity index (χ0) is 33.8. The highest BCUT2D eigenvalue weighted by atomic mass is 35.5. The largest absolute Gasteiger partial charge is 0.483 e. The van der Waals surface area contributed by atoms with Gasteiger partial charge in [0.2, 0.25) is 11.7 Å². The lowest BCUT2D eigenvalue weighted by molar-refractivity contribution is -0.129. The minimum absolute atomic E-state index is 0.0499. The van der Waals surface area contributed by atoms with Gasteiger partial charge in [-0.2, -0.15) is 9.65 Å². The molecule has 0 spiro atoms. The standard InChI is InChI=1S/C28H28ClF2N7O5.CH2O2/c1-38-20(17-4-5-22(43-11-7-32)24(31)23(17)30)13-36-25(38)28(42)37-15-2-3-16(19(29)12-15)26(40)34-9-10-35-27(41)18-6-8-33-14-21(18)39;2-1-3/h2-5,12-13,18,21,33,39H,6,8-11,14H2,1H3,(H,34,40)(H,35,41)(H,37,42);1H,(H,2,3)/t18-,21+;/m1./s1. The molecule has 1 aliphatic heterocycles. The average molecular weight is 662 g/mol. The topological polar surface area (TPSA) is 208 Å². The molecule has 3 amide bonds. The number of hydrogen-bond acceptors (Lipinski definition) is 9. The van der Waals surface area contributed by atoms with Gasteiger partial charge in [0.1, 0.15) is 6.07 Å². The molecule has 0 bridgehead atoms. The quantitative estimate of drug-likeness (QED) is 0.137. The molecular weight excluding hydrogens is 632 g/mol. The molecule has 17 heteroatoms. The summed E-state index contributed by atoms with van der Waals surface area (Å²) in [6.45, 7) is 0.577. The predicted molar refractivity (Wildman–Crippen MR) is 160 cm³/mol. The normalized spacial score (nSPS) is 15.4. The Labute approximate surface area is 266 Å². The highest BCUT2D eigenvalue weighted by molar-refractivity contribution is 6.34. The number of ether oxygens (including phenoxy) is 1. The number of hydrogen-bond donors (Lipinski definition) is 6. The first kappa shape index (κ1) is 35.4. The van der Waals surface area contributed by atoms with Crippen LogP contribution < -0.4 is 26.0 Å². The molecule has 0 unspecified atom stereocenters. The second-order valence-corrected chi connectivity index (χ2v) is 10.1. The van der Waals surface area contributed by atoms with Gasteiger partial charge in [-0.3, -0.25) is 19.2 Å². The van der Waals surface area contributed by atoms with Gasteiger partial charge in [0.15, 0.2) is 24.0 Å². The number of piperidine rings is 1. The summed E-state index contributed by atoms with van der Waals surface area (Å²) in [5.74, 6) is -4.99. The van der Waals surface area contributed by atoms with Crippen molar-refractivity contribution in [2.24, 2.45) is 13.0 Å². The maximum Gasteiger partial charge on any atom is 0.291 e. The molecule has 14 nitrogen and oxygen atoms in total. The van der Waals surface area contributed by atoms with E-state index in [1.165, 1.54) is 48.1 Å². The number of aliphatic hydroxyl groups is 1. The van der Waals surface area contributed by atoms with Crippen LogP contribution in [-0.4, -0.2) is 82.8 Å². The highest BCUT2D eigenvalue weighted by Crippen LogP contribution is 2.30. The number of carboxylic acid groups (broad SMARTS) is 1. The van der Waals surface area contributed by atoms with E-state index in [0.29, 0.717) is 19.5 Å². The number of β-amino-alcohol motifs (C(OH)–C–C–N with tert-alkyl or cyclic N) is 1. The van der Waals surface area contributed by atoms with Crippen LogP contribution in [0.5, 0.6) is 5.75 Å². The molecule has 0 saturated carbocycles. The van der Waals surface area contributed by atoms with Crippen LogP contribution in [0.1, 0.15) is 27.4 Å². The van der Waals surface area contributed by atoms with E-state index in [9.17, 15) is 28.3 Å². The van der Waals surface area contributed by atoms with Gasteiger partial charge in [0.25, 0.3) is 18.3 Å². The summed E-state index contributed by atoms with van der Waals surface area (Å²) in [6, 6.07) is 8.33. The summed E-state index contributed by atoms with van der Waals surface area (Å²) < 4.78 is 35.3. The number of nitrogens with one attached hydrogen (secondary N) is 4. The fraction of sp³-hybridized carbons (Fsp3) is 0.310. The van der Waals surface area contributed by atoms with Crippen molar-refractivity contribution in [3.8, 4) is 23.1 Å². The Hall–Kier alpha value is -5.11. The van der Waals surface area contributed by atoms with E-state index in [-0.39, 0.29) is 58.8 Å². The monoisotopic (exact) mass is 661 g/mol. The number of aromatic nitrogens is 2. The number of carbonyl (C=O) groups is 4. The number of aliphatic hydroxyl groups excluding tert-OH is 1. The minimum atomic E-state index is -1.28. The van der Waals surface area contributed by atoms with Crippen molar-refractivity contribution in [2.45, 2.75) is 12.5 Å². The summed E-state index contributed by atoms with van der Waals surface area (Å²) in [5, 5.41) is 36.4. The lowest BCUT2D eigenvalue weighted by Crippen LogP contribution is -2.48. The lowest BCUT2D eigenvalue weighted by Gasteiger charge is -2.27. The fourth-order valence-electron chi connectivity index (χ4n) is 4.52. The number of carbonyl (C=O) groups excluding carboxylic acids is 3. The molecule has 1 saturated heterocycles. The Morgan fingerprint density at radius 2 is 1.91 bits per heavy atom. The van der Waals surface area contributed by atoms with Crippen LogP contribution in [-0.2, 0) is 16.6 Å². The van der Waals surface area contributed by atoms with Crippen LogP contribution in [0.15, 0.2) is 36.5 Å². The number of anilines is 1. The van der Waals surface area contributed by atoms with Crippen LogP contribution >= 0.6 is 11.6 Å². The second kappa shape index (κ2) is 16.8. The Balaban J connectivity index is 0.00000185. The zero-order valence-corrected chi connectivity index (χ0v) is 25.1. The molecule has 2 aromatic carbocycles. The Kier molecular flexibility index (Phi) is 12.9.